The molecule has 0 aliphatic heterocycles. The lowest BCUT2D eigenvalue weighted by atomic mass is 9.92. The van der Waals surface area contributed by atoms with Crippen LogP contribution in [0.5, 0.6) is 0 Å². The Morgan fingerprint density at radius 1 is 0.727 bits per heavy atom. The fourth-order valence-electron chi connectivity index (χ4n) is 1.96. The van der Waals surface area contributed by atoms with Crippen molar-refractivity contribution < 1.29 is 39.5 Å². The lowest BCUT2D eigenvalue weighted by molar-refractivity contribution is -0.149. The average Bonchev–Trinajstić information content (AvgIpc) is 2.31. The van der Waals surface area contributed by atoms with Gasteiger partial charge in [-0.25, -0.2) is 0 Å². The lowest BCUT2D eigenvalue weighted by Gasteiger charge is -2.21. The van der Waals surface area contributed by atoms with Crippen molar-refractivity contribution in [3.05, 3.63) is 34.4 Å². The van der Waals surface area contributed by atoms with Crippen LogP contribution in [0.1, 0.15) is 42.0 Å². The molecule has 1 aromatic carbocycles. The molecule has 0 heterocycles. The summed E-state index contributed by atoms with van der Waals surface area (Å²) in [4.78, 5) is 0. The molecule has 0 bridgehead atoms. The SMILES string of the molecule is CCCCc1c(C(F)(F)F)cc(C(F)(F)F)cc1C(F)(F)F. The lowest BCUT2D eigenvalue weighted by Crippen LogP contribution is -2.20. The van der Waals surface area contributed by atoms with Gasteiger partial charge < -0.3 is 0 Å². The molecular formula is C13H11F9. The van der Waals surface area contributed by atoms with Crippen molar-refractivity contribution in [2.24, 2.45) is 0 Å². The van der Waals surface area contributed by atoms with E-state index in [1.54, 1.807) is 6.92 Å². The number of alkyl halides is 9. The number of hydrogen-bond donors (Lipinski definition) is 0. The zero-order chi connectivity index (χ0) is 17.3. The molecule has 126 valence electrons. The van der Waals surface area contributed by atoms with E-state index in [1.807, 2.05) is 0 Å². The highest BCUT2D eigenvalue weighted by molar-refractivity contribution is 5.43. The first-order valence-corrected chi connectivity index (χ1v) is 6.17. The second kappa shape index (κ2) is 6.00. The van der Waals surface area contributed by atoms with E-state index >= 15 is 0 Å². The van der Waals surface area contributed by atoms with Gasteiger partial charge in [0.2, 0.25) is 0 Å². The van der Waals surface area contributed by atoms with Crippen molar-refractivity contribution in [3.63, 3.8) is 0 Å². The van der Waals surface area contributed by atoms with E-state index in [0.717, 1.165) is 0 Å². The van der Waals surface area contributed by atoms with Gasteiger partial charge in [-0.05, 0) is 30.5 Å². The number of halogens is 9. The van der Waals surface area contributed by atoms with Crippen LogP contribution in [0.3, 0.4) is 0 Å². The fraction of sp³-hybridized carbons (Fsp3) is 0.538. The molecule has 9 heteroatoms. The van der Waals surface area contributed by atoms with E-state index in [2.05, 4.69) is 0 Å². The van der Waals surface area contributed by atoms with Crippen molar-refractivity contribution in [1.29, 1.82) is 0 Å². The molecule has 1 aromatic rings. The van der Waals surface area contributed by atoms with Crippen molar-refractivity contribution in [2.45, 2.75) is 44.7 Å². The molecule has 0 aliphatic rings. The highest BCUT2D eigenvalue weighted by Gasteiger charge is 2.44. The average molecular weight is 338 g/mol. The summed E-state index contributed by atoms with van der Waals surface area (Å²) in [6.45, 7) is 1.55. The summed E-state index contributed by atoms with van der Waals surface area (Å²) >= 11 is 0. The predicted octanol–water partition coefficient (Wildman–Crippen LogP) is 6.09. The normalized spacial score (nSPS) is 13.5. The van der Waals surface area contributed by atoms with Crippen LogP contribution in [0.25, 0.3) is 0 Å². The quantitative estimate of drug-likeness (QED) is 0.586. The Kier molecular flexibility index (Phi) is 5.08. The molecule has 0 radical (unpaired) electrons. The van der Waals surface area contributed by atoms with Crippen LogP contribution >= 0.6 is 0 Å². The molecule has 0 aromatic heterocycles. The van der Waals surface area contributed by atoms with E-state index < -0.39 is 47.2 Å². The summed E-state index contributed by atoms with van der Waals surface area (Å²) in [5.74, 6) is 0. The summed E-state index contributed by atoms with van der Waals surface area (Å²) in [6, 6.07) is -0.527. The minimum Gasteiger partial charge on any atom is -0.166 e. The second-order valence-electron chi connectivity index (χ2n) is 4.65. The van der Waals surface area contributed by atoms with Gasteiger partial charge in [-0.1, -0.05) is 13.3 Å². The predicted molar refractivity (Wildman–Crippen MR) is 60.1 cm³/mol. The number of unbranched alkanes of at least 4 members (excludes halogenated alkanes) is 1. The van der Waals surface area contributed by atoms with E-state index in [0.29, 0.717) is 6.42 Å². The molecule has 0 saturated carbocycles. The van der Waals surface area contributed by atoms with Crippen LogP contribution in [0.2, 0.25) is 0 Å². The fourth-order valence-corrected chi connectivity index (χ4v) is 1.96. The van der Waals surface area contributed by atoms with Crippen LogP contribution in [0.15, 0.2) is 12.1 Å². The molecule has 0 spiro atoms. The molecule has 0 nitrogen and oxygen atoms in total. The van der Waals surface area contributed by atoms with Gasteiger partial charge in [0.1, 0.15) is 0 Å². The largest absolute Gasteiger partial charge is 0.416 e. The minimum absolute atomic E-state index is 0.00246. The van der Waals surface area contributed by atoms with Crippen LogP contribution in [0.4, 0.5) is 39.5 Å². The first-order valence-electron chi connectivity index (χ1n) is 6.17. The van der Waals surface area contributed by atoms with Gasteiger partial charge in [-0.3, -0.25) is 0 Å². The maximum absolute atomic E-state index is 12.9. The summed E-state index contributed by atoms with van der Waals surface area (Å²) in [5, 5.41) is 0. The first kappa shape index (κ1) is 18.6. The van der Waals surface area contributed by atoms with E-state index in [9.17, 15) is 39.5 Å². The number of benzene rings is 1. The van der Waals surface area contributed by atoms with Gasteiger partial charge in [-0.15, -0.1) is 0 Å². The smallest absolute Gasteiger partial charge is 0.166 e. The maximum atomic E-state index is 12.9. The molecule has 0 amide bonds. The maximum Gasteiger partial charge on any atom is 0.416 e. The van der Waals surface area contributed by atoms with Crippen LogP contribution < -0.4 is 0 Å². The van der Waals surface area contributed by atoms with E-state index in [4.69, 9.17) is 0 Å². The monoisotopic (exact) mass is 338 g/mol. The standard InChI is InChI=1S/C13H11F9/c1-2-3-4-8-9(12(17,18)19)5-7(11(14,15)16)6-10(8)13(20,21)22/h5-6H,2-4H2,1H3. The third kappa shape index (κ3) is 4.30. The Morgan fingerprint density at radius 2 is 1.14 bits per heavy atom. The van der Waals surface area contributed by atoms with Gasteiger partial charge >= 0.3 is 18.5 Å². The Labute approximate surface area is 119 Å². The molecule has 0 aliphatic carbocycles. The Balaban J connectivity index is 3.70. The molecule has 22 heavy (non-hydrogen) atoms. The van der Waals surface area contributed by atoms with Crippen molar-refractivity contribution in [2.75, 3.05) is 0 Å². The summed E-state index contributed by atoms with van der Waals surface area (Å²) < 4.78 is 115. The van der Waals surface area contributed by atoms with Crippen LogP contribution in [-0.2, 0) is 24.9 Å². The summed E-state index contributed by atoms with van der Waals surface area (Å²) in [6.07, 6.45) is -16.2. The van der Waals surface area contributed by atoms with E-state index in [-0.39, 0.29) is 18.6 Å². The Morgan fingerprint density at radius 3 is 1.41 bits per heavy atom. The zero-order valence-corrected chi connectivity index (χ0v) is 11.2. The Bertz CT molecular complexity index is 485. The van der Waals surface area contributed by atoms with Crippen molar-refractivity contribution >= 4 is 0 Å². The van der Waals surface area contributed by atoms with Gasteiger partial charge in [0.25, 0.3) is 0 Å². The van der Waals surface area contributed by atoms with Crippen LogP contribution in [-0.4, -0.2) is 0 Å². The topological polar surface area (TPSA) is 0 Å². The van der Waals surface area contributed by atoms with Crippen molar-refractivity contribution in [1.82, 2.24) is 0 Å². The molecule has 0 N–H and O–H groups in total. The molecule has 0 fully saturated rings. The second-order valence-corrected chi connectivity index (χ2v) is 4.65. The van der Waals surface area contributed by atoms with Gasteiger partial charge in [0.05, 0.1) is 16.7 Å². The third-order valence-electron chi connectivity index (χ3n) is 2.97. The number of rotatable bonds is 3. The molecule has 0 unspecified atom stereocenters. The number of hydrogen-bond acceptors (Lipinski definition) is 0. The highest BCUT2D eigenvalue weighted by Crippen LogP contribution is 2.43. The van der Waals surface area contributed by atoms with Gasteiger partial charge in [0, 0.05) is 0 Å². The minimum atomic E-state index is -5.30. The Hall–Kier alpha value is -1.41. The highest BCUT2D eigenvalue weighted by atomic mass is 19.4. The van der Waals surface area contributed by atoms with Gasteiger partial charge in [-0.2, -0.15) is 39.5 Å². The van der Waals surface area contributed by atoms with Crippen molar-refractivity contribution in [3.8, 4) is 0 Å². The zero-order valence-electron chi connectivity index (χ0n) is 11.2. The molecule has 1 rings (SSSR count). The molecule has 0 saturated heterocycles. The first-order chi connectivity index (χ1) is 9.78. The van der Waals surface area contributed by atoms with Gasteiger partial charge in [0.15, 0.2) is 0 Å². The summed E-state index contributed by atoms with van der Waals surface area (Å²) in [5.41, 5.74) is -6.88. The summed E-state index contributed by atoms with van der Waals surface area (Å²) in [7, 11) is 0. The van der Waals surface area contributed by atoms with E-state index in [1.165, 1.54) is 0 Å². The molecular weight excluding hydrogens is 327 g/mol. The van der Waals surface area contributed by atoms with Crippen LogP contribution in [0, 0.1) is 0 Å². The molecule has 0 atom stereocenters. The third-order valence-corrected chi connectivity index (χ3v) is 2.97.